The zero-order chi connectivity index (χ0) is 9.26. The fourth-order valence-electron chi connectivity index (χ4n) is 1.14. The van der Waals surface area contributed by atoms with Crippen molar-refractivity contribution in [2.45, 2.75) is 6.92 Å². The van der Waals surface area contributed by atoms with E-state index in [4.69, 9.17) is 0 Å². The number of hydrogen-bond acceptors (Lipinski definition) is 4. The van der Waals surface area contributed by atoms with Gasteiger partial charge in [-0.15, -0.1) is 0 Å². The average Bonchev–Trinajstić information content (AvgIpc) is 2.49. The van der Waals surface area contributed by atoms with E-state index < -0.39 is 0 Å². The Morgan fingerprint density at radius 1 is 1.46 bits per heavy atom. The number of nitrogens with zero attached hydrogens (tertiary/aromatic N) is 3. The maximum absolute atomic E-state index is 11.1. The Morgan fingerprint density at radius 3 is 2.85 bits per heavy atom. The molecule has 0 saturated heterocycles. The first-order chi connectivity index (χ1) is 6.29. The van der Waals surface area contributed by atoms with E-state index in [1.54, 1.807) is 25.5 Å². The minimum absolute atomic E-state index is 0.0966. The van der Waals surface area contributed by atoms with Crippen molar-refractivity contribution in [2.24, 2.45) is 11.0 Å². The summed E-state index contributed by atoms with van der Waals surface area (Å²) >= 11 is 0. The number of hydrazone groups is 1. The molecular weight excluding hydrogens is 168 g/mol. The largest absolute Gasteiger partial charge is 0.272 e. The molecule has 1 aromatic heterocycles. The van der Waals surface area contributed by atoms with Crippen LogP contribution in [0.15, 0.2) is 23.7 Å². The molecule has 1 aromatic rings. The Labute approximate surface area is 74.9 Å². The molecule has 2 rings (SSSR count). The van der Waals surface area contributed by atoms with Gasteiger partial charge in [-0.1, -0.05) is 0 Å². The summed E-state index contributed by atoms with van der Waals surface area (Å²) in [6, 6.07) is 0. The minimum Gasteiger partial charge on any atom is -0.272 e. The SMILES string of the molecule is CC1C(=O)NN=C1c1cnccn1. The van der Waals surface area contributed by atoms with Gasteiger partial charge in [0.1, 0.15) is 11.4 Å². The van der Waals surface area contributed by atoms with E-state index in [-0.39, 0.29) is 11.8 Å². The van der Waals surface area contributed by atoms with E-state index in [2.05, 4.69) is 20.5 Å². The lowest BCUT2D eigenvalue weighted by molar-refractivity contribution is -0.121. The number of nitrogens with one attached hydrogen (secondary N) is 1. The van der Waals surface area contributed by atoms with Crippen LogP contribution in [0.2, 0.25) is 0 Å². The van der Waals surface area contributed by atoms with Gasteiger partial charge in [0.2, 0.25) is 5.91 Å². The van der Waals surface area contributed by atoms with Crippen LogP contribution in [0.4, 0.5) is 0 Å². The van der Waals surface area contributed by atoms with Crippen LogP contribution < -0.4 is 5.43 Å². The van der Waals surface area contributed by atoms with Gasteiger partial charge >= 0.3 is 0 Å². The van der Waals surface area contributed by atoms with Crippen LogP contribution >= 0.6 is 0 Å². The standard InChI is InChI=1S/C8H8N4O/c1-5-7(11-12-8(5)13)6-4-9-2-3-10-6/h2-5H,1H3,(H,12,13). The molecule has 1 N–H and O–H groups in total. The fraction of sp³-hybridized carbons (Fsp3) is 0.250. The second-order valence-electron chi connectivity index (χ2n) is 2.79. The summed E-state index contributed by atoms with van der Waals surface area (Å²) in [5, 5.41) is 3.88. The summed E-state index contributed by atoms with van der Waals surface area (Å²) in [5.74, 6) is -0.336. The molecule has 0 aromatic carbocycles. The van der Waals surface area contributed by atoms with Gasteiger partial charge in [0.15, 0.2) is 0 Å². The summed E-state index contributed by atoms with van der Waals surface area (Å²) in [7, 11) is 0. The highest BCUT2D eigenvalue weighted by atomic mass is 16.2. The average molecular weight is 176 g/mol. The molecular formula is C8H8N4O. The van der Waals surface area contributed by atoms with Crippen molar-refractivity contribution in [1.82, 2.24) is 15.4 Å². The van der Waals surface area contributed by atoms with E-state index >= 15 is 0 Å². The molecule has 13 heavy (non-hydrogen) atoms. The lowest BCUT2D eigenvalue weighted by Crippen LogP contribution is -2.20. The van der Waals surface area contributed by atoms with Crippen molar-refractivity contribution < 1.29 is 4.79 Å². The van der Waals surface area contributed by atoms with Gasteiger partial charge in [-0.25, -0.2) is 5.43 Å². The molecule has 0 saturated carbocycles. The van der Waals surface area contributed by atoms with Gasteiger partial charge in [0.05, 0.1) is 12.1 Å². The first-order valence-electron chi connectivity index (χ1n) is 3.93. The molecule has 1 amide bonds. The molecule has 0 spiro atoms. The molecule has 0 fully saturated rings. The predicted molar refractivity (Wildman–Crippen MR) is 45.9 cm³/mol. The quantitative estimate of drug-likeness (QED) is 0.652. The van der Waals surface area contributed by atoms with Gasteiger partial charge in [0.25, 0.3) is 0 Å². The molecule has 0 radical (unpaired) electrons. The van der Waals surface area contributed by atoms with Gasteiger partial charge in [-0.05, 0) is 6.92 Å². The van der Waals surface area contributed by atoms with Crippen LogP contribution in [0.5, 0.6) is 0 Å². The molecule has 1 atom stereocenters. The topological polar surface area (TPSA) is 67.2 Å². The number of amides is 1. The third kappa shape index (κ3) is 1.28. The zero-order valence-corrected chi connectivity index (χ0v) is 7.06. The summed E-state index contributed by atoms with van der Waals surface area (Å²) in [6.45, 7) is 1.79. The predicted octanol–water partition coefficient (Wildman–Crippen LogP) is -0.0534. The summed E-state index contributed by atoms with van der Waals surface area (Å²) in [4.78, 5) is 19.1. The molecule has 1 aliphatic rings. The molecule has 2 heterocycles. The van der Waals surface area contributed by atoms with E-state index in [0.717, 1.165) is 0 Å². The Balaban J connectivity index is 2.34. The normalized spacial score (nSPS) is 21.2. The van der Waals surface area contributed by atoms with Crippen molar-refractivity contribution in [2.75, 3.05) is 0 Å². The molecule has 5 nitrogen and oxygen atoms in total. The van der Waals surface area contributed by atoms with Crippen molar-refractivity contribution in [3.05, 3.63) is 24.3 Å². The van der Waals surface area contributed by atoms with Gasteiger partial charge in [0, 0.05) is 12.4 Å². The lowest BCUT2D eigenvalue weighted by Gasteiger charge is -2.01. The molecule has 0 bridgehead atoms. The third-order valence-corrected chi connectivity index (χ3v) is 1.92. The van der Waals surface area contributed by atoms with Crippen LogP contribution in [-0.2, 0) is 4.79 Å². The monoisotopic (exact) mass is 176 g/mol. The Bertz CT molecular complexity index is 360. The van der Waals surface area contributed by atoms with Crippen molar-refractivity contribution >= 4 is 11.6 Å². The number of aromatic nitrogens is 2. The highest BCUT2D eigenvalue weighted by Crippen LogP contribution is 2.10. The maximum atomic E-state index is 11.1. The summed E-state index contributed by atoms with van der Waals surface area (Å²) in [5.41, 5.74) is 3.70. The molecule has 0 aliphatic carbocycles. The second kappa shape index (κ2) is 2.93. The second-order valence-corrected chi connectivity index (χ2v) is 2.79. The molecule has 5 heteroatoms. The summed E-state index contributed by atoms with van der Waals surface area (Å²) < 4.78 is 0. The van der Waals surface area contributed by atoms with Crippen LogP contribution in [0.25, 0.3) is 0 Å². The van der Waals surface area contributed by atoms with Crippen LogP contribution in [0.3, 0.4) is 0 Å². The molecule has 1 aliphatic heterocycles. The fourth-order valence-corrected chi connectivity index (χ4v) is 1.14. The van der Waals surface area contributed by atoms with Crippen molar-refractivity contribution in [1.29, 1.82) is 0 Å². The highest BCUT2D eigenvalue weighted by Gasteiger charge is 2.27. The van der Waals surface area contributed by atoms with Crippen molar-refractivity contribution in [3.63, 3.8) is 0 Å². The van der Waals surface area contributed by atoms with E-state index in [0.29, 0.717) is 11.4 Å². The third-order valence-electron chi connectivity index (χ3n) is 1.92. The highest BCUT2D eigenvalue weighted by molar-refractivity contribution is 6.14. The summed E-state index contributed by atoms with van der Waals surface area (Å²) in [6.07, 6.45) is 4.75. The lowest BCUT2D eigenvalue weighted by atomic mass is 10.0. The molecule has 66 valence electrons. The van der Waals surface area contributed by atoms with Crippen LogP contribution in [0.1, 0.15) is 12.6 Å². The van der Waals surface area contributed by atoms with E-state index in [1.165, 1.54) is 0 Å². The van der Waals surface area contributed by atoms with Gasteiger partial charge in [-0.3, -0.25) is 14.8 Å². The number of carbonyl (C=O) groups excluding carboxylic acids is 1. The minimum atomic E-state index is -0.239. The van der Waals surface area contributed by atoms with E-state index in [1.807, 2.05) is 0 Å². The Hall–Kier alpha value is -1.78. The van der Waals surface area contributed by atoms with Crippen LogP contribution in [0, 0.1) is 5.92 Å². The number of rotatable bonds is 1. The Morgan fingerprint density at radius 2 is 2.31 bits per heavy atom. The van der Waals surface area contributed by atoms with Crippen LogP contribution in [-0.4, -0.2) is 21.6 Å². The smallest absolute Gasteiger partial charge is 0.249 e. The number of carbonyl (C=O) groups is 1. The van der Waals surface area contributed by atoms with Crippen molar-refractivity contribution in [3.8, 4) is 0 Å². The maximum Gasteiger partial charge on any atom is 0.249 e. The Kier molecular flexibility index (Phi) is 1.77. The zero-order valence-electron chi connectivity index (χ0n) is 7.06. The first kappa shape index (κ1) is 7.85. The van der Waals surface area contributed by atoms with E-state index in [9.17, 15) is 4.79 Å². The van der Waals surface area contributed by atoms with Gasteiger partial charge in [-0.2, -0.15) is 5.10 Å². The molecule has 1 unspecified atom stereocenters. The number of hydrogen-bond donors (Lipinski definition) is 1. The van der Waals surface area contributed by atoms with Gasteiger partial charge < -0.3 is 0 Å². The first-order valence-corrected chi connectivity index (χ1v) is 3.93.